The summed E-state index contributed by atoms with van der Waals surface area (Å²) in [4.78, 5) is 29.1. The maximum absolute atomic E-state index is 12.4. The van der Waals surface area contributed by atoms with E-state index in [1.807, 2.05) is 63.4 Å². The molecule has 0 aliphatic carbocycles. The lowest BCUT2D eigenvalue weighted by atomic mass is 10.1. The summed E-state index contributed by atoms with van der Waals surface area (Å²) in [5.74, 6) is 0.264. The zero-order chi connectivity index (χ0) is 23.1. The molecule has 0 saturated heterocycles. The van der Waals surface area contributed by atoms with Crippen molar-refractivity contribution < 1.29 is 14.3 Å². The maximum atomic E-state index is 12.4. The van der Waals surface area contributed by atoms with E-state index in [-0.39, 0.29) is 17.9 Å². The minimum Gasteiger partial charge on any atom is -0.487 e. The van der Waals surface area contributed by atoms with Crippen molar-refractivity contribution in [3.63, 3.8) is 0 Å². The number of ether oxygens (including phenoxy) is 1. The van der Waals surface area contributed by atoms with Crippen molar-refractivity contribution in [1.82, 2.24) is 10.3 Å². The van der Waals surface area contributed by atoms with Crippen LogP contribution in [0.2, 0.25) is 0 Å². The number of nitrogens with one attached hydrogen (secondary N) is 2. The van der Waals surface area contributed by atoms with Gasteiger partial charge in [0, 0.05) is 28.7 Å². The van der Waals surface area contributed by atoms with Gasteiger partial charge in [0.05, 0.1) is 10.7 Å². The van der Waals surface area contributed by atoms with E-state index >= 15 is 0 Å². The first-order valence-electron chi connectivity index (χ1n) is 10.3. The van der Waals surface area contributed by atoms with Gasteiger partial charge < -0.3 is 15.4 Å². The Morgan fingerprint density at radius 3 is 2.69 bits per heavy atom. The van der Waals surface area contributed by atoms with Crippen molar-refractivity contribution in [3.05, 3.63) is 81.3 Å². The normalized spacial score (nSPS) is 11.0. The Hall–Kier alpha value is -3.45. The lowest BCUT2D eigenvalue weighted by molar-refractivity contribution is -0.111. The Bertz CT molecular complexity index is 1130. The number of benzene rings is 2. The average Bonchev–Trinajstić information content (AvgIpc) is 3.17. The SMILES string of the molecule is Cc1nc(COc2cccc(/C=C/C(=O)Nc3ccc(C)c(C(=O)NC(C)C)c3)c2)cs1. The number of thiazole rings is 1. The largest absolute Gasteiger partial charge is 0.487 e. The predicted molar refractivity (Wildman–Crippen MR) is 129 cm³/mol. The molecule has 166 valence electrons. The number of nitrogens with zero attached hydrogens (tertiary/aromatic N) is 1. The number of aromatic nitrogens is 1. The smallest absolute Gasteiger partial charge is 0.251 e. The number of hydrogen-bond acceptors (Lipinski definition) is 5. The van der Waals surface area contributed by atoms with Gasteiger partial charge >= 0.3 is 0 Å². The first kappa shape index (κ1) is 23.2. The Balaban J connectivity index is 1.61. The highest BCUT2D eigenvalue weighted by molar-refractivity contribution is 7.09. The van der Waals surface area contributed by atoms with E-state index < -0.39 is 0 Å². The van der Waals surface area contributed by atoms with Crippen LogP contribution < -0.4 is 15.4 Å². The number of hydrogen-bond donors (Lipinski definition) is 2. The molecule has 0 radical (unpaired) electrons. The summed E-state index contributed by atoms with van der Waals surface area (Å²) < 4.78 is 5.79. The molecule has 0 aliphatic heterocycles. The van der Waals surface area contributed by atoms with Crippen LogP contribution in [0, 0.1) is 13.8 Å². The van der Waals surface area contributed by atoms with Crippen LogP contribution in [-0.2, 0) is 11.4 Å². The van der Waals surface area contributed by atoms with Crippen molar-refractivity contribution in [3.8, 4) is 5.75 Å². The molecule has 2 amide bonds. The fourth-order valence-electron chi connectivity index (χ4n) is 2.98. The minimum atomic E-state index is -0.284. The van der Waals surface area contributed by atoms with Crippen molar-refractivity contribution in [2.45, 2.75) is 40.3 Å². The third-order valence-corrected chi connectivity index (χ3v) is 5.33. The molecule has 0 unspecified atom stereocenters. The van der Waals surface area contributed by atoms with Crippen molar-refractivity contribution >= 4 is 34.9 Å². The second kappa shape index (κ2) is 10.7. The maximum Gasteiger partial charge on any atom is 0.251 e. The highest BCUT2D eigenvalue weighted by atomic mass is 32.1. The fourth-order valence-corrected chi connectivity index (χ4v) is 3.58. The first-order valence-corrected chi connectivity index (χ1v) is 11.2. The molecule has 2 aromatic carbocycles. The number of carbonyl (C=O) groups is 2. The monoisotopic (exact) mass is 449 g/mol. The summed E-state index contributed by atoms with van der Waals surface area (Å²) >= 11 is 1.59. The molecule has 1 aromatic heterocycles. The number of rotatable bonds is 8. The lowest BCUT2D eigenvalue weighted by Gasteiger charge is -2.12. The summed E-state index contributed by atoms with van der Waals surface area (Å²) in [6.45, 7) is 8.04. The van der Waals surface area contributed by atoms with Crippen LogP contribution >= 0.6 is 11.3 Å². The molecule has 6 nitrogen and oxygen atoms in total. The van der Waals surface area contributed by atoms with E-state index in [0.717, 1.165) is 21.8 Å². The van der Waals surface area contributed by atoms with Crippen LogP contribution in [0.4, 0.5) is 5.69 Å². The Morgan fingerprint density at radius 2 is 1.97 bits per heavy atom. The second-order valence-corrected chi connectivity index (χ2v) is 8.76. The van der Waals surface area contributed by atoms with Gasteiger partial charge in [-0.3, -0.25) is 9.59 Å². The summed E-state index contributed by atoms with van der Waals surface area (Å²) in [6.07, 6.45) is 3.17. The van der Waals surface area contributed by atoms with Gasteiger partial charge in [-0.05, 0) is 69.2 Å². The quantitative estimate of drug-likeness (QED) is 0.467. The molecule has 0 atom stereocenters. The summed E-state index contributed by atoms with van der Waals surface area (Å²) in [5.41, 5.74) is 3.69. The number of aryl methyl sites for hydroxylation is 2. The average molecular weight is 450 g/mol. The van der Waals surface area contributed by atoms with Crippen LogP contribution in [0.5, 0.6) is 5.75 Å². The van der Waals surface area contributed by atoms with Gasteiger partial charge in [0.25, 0.3) is 5.91 Å². The van der Waals surface area contributed by atoms with Gasteiger partial charge in [-0.25, -0.2) is 4.98 Å². The van der Waals surface area contributed by atoms with Crippen molar-refractivity contribution in [2.24, 2.45) is 0 Å². The first-order chi connectivity index (χ1) is 15.3. The van der Waals surface area contributed by atoms with Crippen molar-refractivity contribution in [1.29, 1.82) is 0 Å². The molecule has 2 N–H and O–H groups in total. The highest BCUT2D eigenvalue weighted by Crippen LogP contribution is 2.18. The summed E-state index contributed by atoms with van der Waals surface area (Å²) in [5, 5.41) is 8.67. The standard InChI is InChI=1S/C25H27N3O3S/c1-16(2)26-25(30)23-13-20(10-8-17(23)3)28-24(29)11-9-19-6-5-7-22(12-19)31-14-21-15-32-18(4)27-21/h5-13,15-16H,14H2,1-4H3,(H,26,30)(H,28,29)/b11-9+. The zero-order valence-corrected chi connectivity index (χ0v) is 19.5. The van der Waals surface area contributed by atoms with Gasteiger partial charge in [0.15, 0.2) is 0 Å². The predicted octanol–water partition coefficient (Wildman–Crippen LogP) is 5.13. The molecular formula is C25H27N3O3S. The lowest BCUT2D eigenvalue weighted by Crippen LogP contribution is -2.30. The van der Waals surface area contributed by atoms with Crippen molar-refractivity contribution in [2.75, 3.05) is 5.32 Å². The minimum absolute atomic E-state index is 0.0356. The fraction of sp³-hybridized carbons (Fsp3) is 0.240. The van der Waals surface area contributed by atoms with Gasteiger partial charge in [0.2, 0.25) is 5.91 Å². The van der Waals surface area contributed by atoms with E-state index in [9.17, 15) is 9.59 Å². The van der Waals surface area contributed by atoms with E-state index in [1.54, 1.807) is 29.5 Å². The van der Waals surface area contributed by atoms with Gasteiger partial charge in [-0.15, -0.1) is 11.3 Å². The Kier molecular flexibility index (Phi) is 7.78. The molecule has 7 heteroatoms. The molecule has 3 rings (SSSR count). The molecule has 0 saturated carbocycles. The van der Waals surface area contributed by atoms with E-state index in [2.05, 4.69) is 15.6 Å². The third kappa shape index (κ3) is 6.78. The summed E-state index contributed by atoms with van der Waals surface area (Å²) in [6, 6.07) is 12.8. The molecular weight excluding hydrogens is 422 g/mol. The molecule has 0 bridgehead atoms. The number of carbonyl (C=O) groups excluding carboxylic acids is 2. The van der Waals surface area contributed by atoms with Crippen LogP contribution in [0.1, 0.15) is 46.0 Å². The van der Waals surface area contributed by atoms with Gasteiger partial charge in [-0.2, -0.15) is 0 Å². The molecule has 0 aliphatic rings. The Morgan fingerprint density at radius 1 is 1.16 bits per heavy atom. The van der Waals surface area contributed by atoms with Gasteiger partial charge in [0.1, 0.15) is 12.4 Å². The topological polar surface area (TPSA) is 80.3 Å². The third-order valence-electron chi connectivity index (χ3n) is 4.51. The van der Waals surface area contributed by atoms with E-state index in [4.69, 9.17) is 4.74 Å². The van der Waals surface area contributed by atoms with E-state index in [0.29, 0.717) is 23.6 Å². The highest BCUT2D eigenvalue weighted by Gasteiger charge is 2.11. The summed E-state index contributed by atoms with van der Waals surface area (Å²) in [7, 11) is 0. The molecule has 32 heavy (non-hydrogen) atoms. The molecule has 0 fully saturated rings. The van der Waals surface area contributed by atoms with Crippen LogP contribution in [0.15, 0.2) is 53.9 Å². The molecule has 1 heterocycles. The molecule has 3 aromatic rings. The molecule has 0 spiro atoms. The van der Waals surface area contributed by atoms with Crippen LogP contribution in [-0.4, -0.2) is 22.8 Å². The number of anilines is 1. The zero-order valence-electron chi connectivity index (χ0n) is 18.6. The van der Waals surface area contributed by atoms with Gasteiger partial charge in [-0.1, -0.05) is 18.2 Å². The number of amides is 2. The van der Waals surface area contributed by atoms with Crippen LogP contribution in [0.3, 0.4) is 0 Å². The van der Waals surface area contributed by atoms with Crippen LogP contribution in [0.25, 0.3) is 6.08 Å². The Labute approximate surface area is 192 Å². The second-order valence-electron chi connectivity index (χ2n) is 7.70. The van der Waals surface area contributed by atoms with E-state index in [1.165, 1.54) is 6.08 Å².